The third kappa shape index (κ3) is 4.38. The van der Waals surface area contributed by atoms with Crippen molar-refractivity contribution in [1.29, 1.82) is 5.26 Å². The number of nitrogens with zero attached hydrogens (tertiary/aromatic N) is 2. The average Bonchev–Trinajstić information content (AvgIpc) is 2.57. The Balaban J connectivity index is 1.98. The molecule has 4 nitrogen and oxygen atoms in total. The normalized spacial score (nSPS) is 10.0. The molecular formula is C17H14Cl2N2O2. The summed E-state index contributed by atoms with van der Waals surface area (Å²) in [5.74, 6) is 0.159. The van der Waals surface area contributed by atoms with Crippen LogP contribution < -0.4 is 4.74 Å². The Morgan fingerprint density at radius 3 is 2.70 bits per heavy atom. The van der Waals surface area contributed by atoms with Crippen LogP contribution in [0, 0.1) is 11.3 Å². The molecule has 23 heavy (non-hydrogen) atoms. The van der Waals surface area contributed by atoms with Gasteiger partial charge in [-0.15, -0.1) is 0 Å². The first kappa shape index (κ1) is 17.1. The quantitative estimate of drug-likeness (QED) is 0.823. The van der Waals surface area contributed by atoms with Gasteiger partial charge in [0.15, 0.2) is 6.61 Å². The Morgan fingerprint density at radius 2 is 1.96 bits per heavy atom. The van der Waals surface area contributed by atoms with Gasteiger partial charge in [0.1, 0.15) is 11.8 Å². The van der Waals surface area contributed by atoms with E-state index in [9.17, 15) is 4.79 Å². The lowest BCUT2D eigenvalue weighted by Crippen LogP contribution is -2.31. The molecule has 6 heteroatoms. The summed E-state index contributed by atoms with van der Waals surface area (Å²) in [5, 5.41) is 9.87. The minimum absolute atomic E-state index is 0.159. The fraction of sp³-hybridized carbons (Fsp3) is 0.176. The van der Waals surface area contributed by atoms with Gasteiger partial charge in [-0.05, 0) is 23.8 Å². The molecule has 0 fully saturated rings. The lowest BCUT2D eigenvalue weighted by molar-refractivity contribution is -0.132. The van der Waals surface area contributed by atoms with Crippen molar-refractivity contribution >= 4 is 29.1 Å². The minimum atomic E-state index is -0.228. The molecule has 2 rings (SSSR count). The highest BCUT2D eigenvalue weighted by atomic mass is 35.5. The maximum Gasteiger partial charge on any atom is 0.260 e. The lowest BCUT2D eigenvalue weighted by Gasteiger charge is -2.18. The van der Waals surface area contributed by atoms with E-state index in [0.29, 0.717) is 27.9 Å². The Bertz CT molecular complexity index is 756. The largest absolute Gasteiger partial charge is 0.482 e. The molecule has 0 spiro atoms. The molecule has 0 saturated carbocycles. The van der Waals surface area contributed by atoms with Crippen molar-refractivity contribution in [3.05, 3.63) is 63.6 Å². The monoisotopic (exact) mass is 348 g/mol. The number of amides is 1. The number of nitriles is 1. The van der Waals surface area contributed by atoms with E-state index in [1.807, 2.05) is 12.1 Å². The fourth-order valence-corrected chi connectivity index (χ4v) is 2.33. The minimum Gasteiger partial charge on any atom is -0.482 e. The van der Waals surface area contributed by atoms with Crippen LogP contribution in [-0.2, 0) is 11.3 Å². The molecule has 0 bridgehead atoms. The molecular weight excluding hydrogens is 335 g/mol. The smallest absolute Gasteiger partial charge is 0.260 e. The number of benzene rings is 2. The van der Waals surface area contributed by atoms with Gasteiger partial charge >= 0.3 is 0 Å². The van der Waals surface area contributed by atoms with E-state index in [2.05, 4.69) is 0 Å². The Morgan fingerprint density at radius 1 is 1.22 bits per heavy atom. The van der Waals surface area contributed by atoms with Crippen molar-refractivity contribution in [2.45, 2.75) is 6.54 Å². The predicted molar refractivity (Wildman–Crippen MR) is 89.6 cm³/mol. The van der Waals surface area contributed by atoms with Crippen molar-refractivity contribution in [3.8, 4) is 11.8 Å². The van der Waals surface area contributed by atoms with Gasteiger partial charge in [0.05, 0.1) is 15.6 Å². The highest BCUT2D eigenvalue weighted by Gasteiger charge is 2.14. The van der Waals surface area contributed by atoms with Crippen molar-refractivity contribution < 1.29 is 9.53 Å². The Kier molecular flexibility index (Phi) is 5.86. The molecule has 1 amide bonds. The van der Waals surface area contributed by atoms with Crippen LogP contribution in [-0.4, -0.2) is 24.5 Å². The molecule has 0 unspecified atom stereocenters. The van der Waals surface area contributed by atoms with Crippen molar-refractivity contribution in [2.75, 3.05) is 13.7 Å². The second-order valence-electron chi connectivity index (χ2n) is 4.86. The predicted octanol–water partition coefficient (Wildman–Crippen LogP) is 3.90. The Labute approximate surface area is 144 Å². The summed E-state index contributed by atoms with van der Waals surface area (Å²) in [7, 11) is 1.65. The maximum atomic E-state index is 12.2. The van der Waals surface area contributed by atoms with Gasteiger partial charge in [-0.3, -0.25) is 4.79 Å². The number of hydrogen-bond acceptors (Lipinski definition) is 3. The van der Waals surface area contributed by atoms with E-state index in [4.69, 9.17) is 33.2 Å². The molecule has 0 aliphatic heterocycles. The topological polar surface area (TPSA) is 53.3 Å². The van der Waals surface area contributed by atoms with Gasteiger partial charge < -0.3 is 9.64 Å². The van der Waals surface area contributed by atoms with Gasteiger partial charge in [-0.25, -0.2) is 0 Å². The van der Waals surface area contributed by atoms with Crippen LogP contribution in [0.1, 0.15) is 11.1 Å². The van der Waals surface area contributed by atoms with E-state index in [0.717, 1.165) is 5.56 Å². The molecule has 2 aromatic carbocycles. The summed E-state index contributed by atoms with van der Waals surface area (Å²) in [5.41, 5.74) is 1.15. The van der Waals surface area contributed by atoms with Gasteiger partial charge in [-0.2, -0.15) is 5.26 Å². The van der Waals surface area contributed by atoms with Gasteiger partial charge in [-0.1, -0.05) is 47.5 Å². The maximum absolute atomic E-state index is 12.2. The first-order valence-electron chi connectivity index (χ1n) is 6.81. The number of rotatable bonds is 5. The number of ether oxygens (including phenoxy) is 1. The van der Waals surface area contributed by atoms with Crippen molar-refractivity contribution in [1.82, 2.24) is 4.90 Å². The van der Waals surface area contributed by atoms with Gasteiger partial charge in [0.2, 0.25) is 0 Å². The van der Waals surface area contributed by atoms with E-state index in [1.165, 1.54) is 4.90 Å². The van der Waals surface area contributed by atoms with Crippen molar-refractivity contribution in [3.63, 3.8) is 0 Å². The van der Waals surface area contributed by atoms with E-state index >= 15 is 0 Å². The van der Waals surface area contributed by atoms with Crippen LogP contribution in [0.15, 0.2) is 42.5 Å². The summed E-state index contributed by atoms with van der Waals surface area (Å²) in [4.78, 5) is 13.7. The molecule has 0 heterocycles. The zero-order chi connectivity index (χ0) is 16.8. The lowest BCUT2D eigenvalue weighted by atomic mass is 10.2. The van der Waals surface area contributed by atoms with Gasteiger partial charge in [0, 0.05) is 13.6 Å². The molecule has 2 aromatic rings. The molecule has 0 aliphatic carbocycles. The highest BCUT2D eigenvalue weighted by Crippen LogP contribution is 2.26. The summed E-state index contributed by atoms with van der Waals surface area (Å²) >= 11 is 12.1. The molecule has 0 N–H and O–H groups in total. The number of hydrogen-bond donors (Lipinski definition) is 0. The van der Waals surface area contributed by atoms with Crippen molar-refractivity contribution in [2.24, 2.45) is 0 Å². The molecule has 0 saturated heterocycles. The van der Waals surface area contributed by atoms with Crippen LogP contribution in [0.5, 0.6) is 5.75 Å². The second kappa shape index (κ2) is 7.87. The van der Waals surface area contributed by atoms with Gasteiger partial charge in [0.25, 0.3) is 5.91 Å². The highest BCUT2D eigenvalue weighted by molar-refractivity contribution is 6.42. The van der Waals surface area contributed by atoms with Crippen LogP contribution in [0.25, 0.3) is 0 Å². The standard InChI is InChI=1S/C17H14Cl2N2O2/c1-21(10-13-6-4-7-14(18)17(13)19)16(22)11-23-15-8-3-2-5-12(15)9-20/h2-8H,10-11H2,1H3. The van der Waals surface area contributed by atoms with Crippen LogP contribution in [0.4, 0.5) is 0 Å². The average molecular weight is 349 g/mol. The third-order valence-corrected chi connectivity index (χ3v) is 4.08. The van der Waals surface area contributed by atoms with E-state index in [1.54, 1.807) is 43.4 Å². The molecule has 0 atom stereocenters. The number of likely N-dealkylation sites (N-methyl/N-ethyl adjacent to an activating group) is 1. The number of carbonyl (C=O) groups excluding carboxylic acids is 1. The van der Waals surface area contributed by atoms with Crippen LogP contribution in [0.2, 0.25) is 10.0 Å². The first-order valence-corrected chi connectivity index (χ1v) is 7.57. The fourth-order valence-electron chi connectivity index (χ4n) is 1.95. The number of para-hydroxylation sites is 1. The first-order chi connectivity index (χ1) is 11.0. The van der Waals surface area contributed by atoms with Crippen LogP contribution in [0.3, 0.4) is 0 Å². The summed E-state index contributed by atoms with van der Waals surface area (Å²) in [6.45, 7) is 0.162. The number of carbonyl (C=O) groups is 1. The third-order valence-electron chi connectivity index (χ3n) is 3.22. The van der Waals surface area contributed by atoms with Crippen LogP contribution >= 0.6 is 23.2 Å². The van der Waals surface area contributed by atoms with E-state index < -0.39 is 0 Å². The van der Waals surface area contributed by atoms with E-state index in [-0.39, 0.29) is 12.5 Å². The summed E-state index contributed by atoms with van der Waals surface area (Å²) in [6, 6.07) is 14.1. The zero-order valence-corrected chi connectivity index (χ0v) is 13.9. The molecule has 0 aromatic heterocycles. The summed E-state index contributed by atoms with van der Waals surface area (Å²) < 4.78 is 5.43. The molecule has 118 valence electrons. The SMILES string of the molecule is CN(Cc1cccc(Cl)c1Cl)C(=O)COc1ccccc1C#N. The number of halogens is 2. The summed E-state index contributed by atoms with van der Waals surface area (Å²) in [6.07, 6.45) is 0. The molecule has 0 aliphatic rings. The zero-order valence-electron chi connectivity index (χ0n) is 12.4. The molecule has 0 radical (unpaired) electrons. The second-order valence-corrected chi connectivity index (χ2v) is 5.64. The Hall–Kier alpha value is -2.22.